The van der Waals surface area contributed by atoms with Crippen LogP contribution < -0.4 is 5.32 Å². The van der Waals surface area contributed by atoms with Gasteiger partial charge < -0.3 is 5.32 Å². The SMILES string of the molecule is CCNC(c1cc(F)ccc1Br)C1CC1. The second-order valence-corrected chi connectivity index (χ2v) is 4.89. The molecule has 0 amide bonds. The molecule has 1 aromatic carbocycles. The lowest BCUT2D eigenvalue weighted by Crippen LogP contribution is -2.23. The molecule has 82 valence electrons. The van der Waals surface area contributed by atoms with Crippen molar-refractivity contribution in [3.63, 3.8) is 0 Å². The molecular formula is C12H15BrFN. The van der Waals surface area contributed by atoms with Crippen LogP contribution in [0.25, 0.3) is 0 Å². The first-order valence-electron chi connectivity index (χ1n) is 5.40. The first kappa shape index (κ1) is 11.1. The van der Waals surface area contributed by atoms with E-state index in [1.165, 1.54) is 18.9 Å². The maximum absolute atomic E-state index is 13.2. The van der Waals surface area contributed by atoms with E-state index < -0.39 is 0 Å². The summed E-state index contributed by atoms with van der Waals surface area (Å²) in [5, 5.41) is 3.43. The van der Waals surface area contributed by atoms with Gasteiger partial charge in [-0.05, 0) is 49.1 Å². The van der Waals surface area contributed by atoms with E-state index in [1.807, 2.05) is 0 Å². The Bertz CT molecular complexity index is 349. The molecule has 1 atom stereocenters. The Morgan fingerprint density at radius 2 is 2.27 bits per heavy atom. The number of hydrogen-bond donors (Lipinski definition) is 1. The zero-order valence-corrected chi connectivity index (χ0v) is 10.3. The smallest absolute Gasteiger partial charge is 0.123 e. The van der Waals surface area contributed by atoms with Crippen molar-refractivity contribution < 1.29 is 4.39 Å². The Balaban J connectivity index is 2.27. The van der Waals surface area contributed by atoms with Crippen LogP contribution >= 0.6 is 15.9 Å². The molecule has 15 heavy (non-hydrogen) atoms. The molecule has 2 rings (SSSR count). The van der Waals surface area contributed by atoms with E-state index in [9.17, 15) is 4.39 Å². The molecule has 0 saturated heterocycles. The second kappa shape index (κ2) is 4.62. The minimum Gasteiger partial charge on any atom is -0.310 e. The fourth-order valence-corrected chi connectivity index (χ4v) is 2.43. The third kappa shape index (κ3) is 2.58. The Morgan fingerprint density at radius 3 is 2.87 bits per heavy atom. The van der Waals surface area contributed by atoms with Crippen LogP contribution in [0.4, 0.5) is 4.39 Å². The predicted octanol–water partition coefficient (Wildman–Crippen LogP) is 3.65. The lowest BCUT2D eigenvalue weighted by atomic mass is 10.0. The molecule has 1 N–H and O–H groups in total. The van der Waals surface area contributed by atoms with Gasteiger partial charge in [0.05, 0.1) is 0 Å². The van der Waals surface area contributed by atoms with Gasteiger partial charge in [-0.3, -0.25) is 0 Å². The summed E-state index contributed by atoms with van der Waals surface area (Å²) < 4.78 is 14.2. The van der Waals surface area contributed by atoms with Crippen LogP contribution in [0.3, 0.4) is 0 Å². The second-order valence-electron chi connectivity index (χ2n) is 4.04. The first-order chi connectivity index (χ1) is 7.22. The predicted molar refractivity (Wildman–Crippen MR) is 63.2 cm³/mol. The van der Waals surface area contributed by atoms with E-state index in [2.05, 4.69) is 28.2 Å². The van der Waals surface area contributed by atoms with Gasteiger partial charge in [0.2, 0.25) is 0 Å². The minimum atomic E-state index is -0.156. The Labute approximate surface area is 98.2 Å². The molecule has 0 radical (unpaired) electrons. The molecule has 1 unspecified atom stereocenters. The van der Waals surface area contributed by atoms with Crippen LogP contribution in [0, 0.1) is 11.7 Å². The Morgan fingerprint density at radius 1 is 1.53 bits per heavy atom. The molecule has 3 heteroatoms. The highest BCUT2D eigenvalue weighted by Gasteiger charge is 2.32. The third-order valence-corrected chi connectivity index (χ3v) is 3.53. The summed E-state index contributed by atoms with van der Waals surface area (Å²) in [7, 11) is 0. The number of benzene rings is 1. The maximum atomic E-state index is 13.2. The molecule has 0 spiro atoms. The van der Waals surface area contributed by atoms with Crippen LogP contribution in [0.2, 0.25) is 0 Å². The molecular weight excluding hydrogens is 257 g/mol. The van der Waals surface area contributed by atoms with E-state index in [4.69, 9.17) is 0 Å². The molecule has 1 aliphatic carbocycles. The number of rotatable bonds is 4. The molecule has 1 saturated carbocycles. The van der Waals surface area contributed by atoms with Crippen molar-refractivity contribution >= 4 is 15.9 Å². The van der Waals surface area contributed by atoms with Gasteiger partial charge in [-0.1, -0.05) is 22.9 Å². The molecule has 0 heterocycles. The summed E-state index contributed by atoms with van der Waals surface area (Å²) in [6.07, 6.45) is 2.50. The molecule has 0 aliphatic heterocycles. The lowest BCUT2D eigenvalue weighted by Gasteiger charge is -2.19. The molecule has 1 aliphatic rings. The van der Waals surface area contributed by atoms with Gasteiger partial charge in [0.1, 0.15) is 5.82 Å². The van der Waals surface area contributed by atoms with Gasteiger partial charge in [-0.25, -0.2) is 4.39 Å². The molecule has 1 nitrogen and oxygen atoms in total. The summed E-state index contributed by atoms with van der Waals surface area (Å²) in [5.74, 6) is 0.528. The van der Waals surface area contributed by atoms with Gasteiger partial charge in [-0.15, -0.1) is 0 Å². The molecule has 1 aromatic rings. The van der Waals surface area contributed by atoms with Gasteiger partial charge in [0, 0.05) is 10.5 Å². The van der Waals surface area contributed by atoms with E-state index >= 15 is 0 Å². The zero-order chi connectivity index (χ0) is 10.8. The van der Waals surface area contributed by atoms with Crippen molar-refractivity contribution in [2.45, 2.75) is 25.8 Å². The highest BCUT2D eigenvalue weighted by molar-refractivity contribution is 9.10. The van der Waals surface area contributed by atoms with E-state index in [0.717, 1.165) is 16.6 Å². The lowest BCUT2D eigenvalue weighted by molar-refractivity contribution is 0.490. The molecule has 0 aromatic heterocycles. The monoisotopic (exact) mass is 271 g/mol. The summed E-state index contributed by atoms with van der Waals surface area (Å²) >= 11 is 3.49. The summed E-state index contributed by atoms with van der Waals surface area (Å²) in [5.41, 5.74) is 1.05. The van der Waals surface area contributed by atoms with Crippen molar-refractivity contribution in [3.05, 3.63) is 34.1 Å². The standard InChI is InChI=1S/C12H15BrFN/c1-2-15-12(8-3-4-8)10-7-9(14)5-6-11(10)13/h5-8,12,15H,2-4H2,1H3. The average molecular weight is 272 g/mol. The highest BCUT2D eigenvalue weighted by atomic mass is 79.9. The first-order valence-corrected chi connectivity index (χ1v) is 6.20. The van der Waals surface area contributed by atoms with Crippen molar-refractivity contribution in [3.8, 4) is 0 Å². The average Bonchev–Trinajstić information content (AvgIpc) is 3.02. The van der Waals surface area contributed by atoms with Crippen LogP contribution in [0.15, 0.2) is 22.7 Å². The zero-order valence-electron chi connectivity index (χ0n) is 8.76. The van der Waals surface area contributed by atoms with Crippen LogP contribution in [0.1, 0.15) is 31.4 Å². The quantitative estimate of drug-likeness (QED) is 0.882. The summed E-state index contributed by atoms with van der Waals surface area (Å²) in [6.45, 7) is 3.01. The van der Waals surface area contributed by atoms with E-state index in [1.54, 1.807) is 12.1 Å². The van der Waals surface area contributed by atoms with Crippen molar-refractivity contribution in [1.29, 1.82) is 0 Å². The Hall–Kier alpha value is -0.410. The van der Waals surface area contributed by atoms with Crippen molar-refractivity contribution in [1.82, 2.24) is 5.32 Å². The van der Waals surface area contributed by atoms with Crippen LogP contribution in [0.5, 0.6) is 0 Å². The van der Waals surface area contributed by atoms with Gasteiger partial charge >= 0.3 is 0 Å². The van der Waals surface area contributed by atoms with Gasteiger partial charge in [0.25, 0.3) is 0 Å². The van der Waals surface area contributed by atoms with Crippen LogP contribution in [-0.4, -0.2) is 6.54 Å². The number of nitrogens with one attached hydrogen (secondary N) is 1. The fourth-order valence-electron chi connectivity index (χ4n) is 1.93. The van der Waals surface area contributed by atoms with Gasteiger partial charge in [0.15, 0.2) is 0 Å². The highest BCUT2D eigenvalue weighted by Crippen LogP contribution is 2.42. The van der Waals surface area contributed by atoms with Gasteiger partial charge in [-0.2, -0.15) is 0 Å². The van der Waals surface area contributed by atoms with Crippen molar-refractivity contribution in [2.24, 2.45) is 5.92 Å². The molecule has 0 bridgehead atoms. The Kier molecular flexibility index (Phi) is 3.42. The number of halogens is 2. The molecule has 1 fully saturated rings. The maximum Gasteiger partial charge on any atom is 0.123 e. The minimum absolute atomic E-state index is 0.156. The normalized spacial score (nSPS) is 17.8. The van der Waals surface area contributed by atoms with E-state index in [0.29, 0.717) is 12.0 Å². The largest absolute Gasteiger partial charge is 0.310 e. The van der Waals surface area contributed by atoms with E-state index in [-0.39, 0.29) is 5.82 Å². The topological polar surface area (TPSA) is 12.0 Å². The number of hydrogen-bond acceptors (Lipinski definition) is 1. The summed E-state index contributed by atoms with van der Waals surface area (Å²) in [6, 6.07) is 5.22. The van der Waals surface area contributed by atoms with Crippen LogP contribution in [-0.2, 0) is 0 Å². The summed E-state index contributed by atoms with van der Waals surface area (Å²) in [4.78, 5) is 0. The fraction of sp³-hybridized carbons (Fsp3) is 0.500. The van der Waals surface area contributed by atoms with Crippen molar-refractivity contribution in [2.75, 3.05) is 6.54 Å². The third-order valence-electron chi connectivity index (χ3n) is 2.81.